The van der Waals surface area contributed by atoms with Gasteiger partial charge in [0.05, 0.1) is 12.8 Å². The maximum absolute atomic E-state index is 12.4. The minimum absolute atomic E-state index is 0.0193. The molecule has 0 aliphatic heterocycles. The predicted molar refractivity (Wildman–Crippen MR) is 73.8 cm³/mol. The van der Waals surface area contributed by atoms with E-state index in [-0.39, 0.29) is 12.8 Å². The first-order chi connectivity index (χ1) is 8.59. The van der Waals surface area contributed by atoms with E-state index in [1.165, 1.54) is 0 Å². The Labute approximate surface area is 113 Å². The highest BCUT2D eigenvalue weighted by Gasteiger charge is 2.24. The molecule has 0 radical (unpaired) electrons. The van der Waals surface area contributed by atoms with Crippen molar-refractivity contribution in [3.05, 3.63) is 34.9 Å². The SMILES string of the molecule is C#CCOP(=O)(Cc1ccc(Cl)cc1)OCCC. The van der Waals surface area contributed by atoms with E-state index in [9.17, 15) is 4.57 Å². The van der Waals surface area contributed by atoms with Gasteiger partial charge in [0.15, 0.2) is 0 Å². The highest BCUT2D eigenvalue weighted by molar-refractivity contribution is 7.53. The fourth-order valence-electron chi connectivity index (χ4n) is 1.31. The summed E-state index contributed by atoms with van der Waals surface area (Å²) in [5, 5.41) is 0.632. The molecule has 0 amide bonds. The molecular weight excluding hydrogens is 271 g/mol. The van der Waals surface area contributed by atoms with E-state index in [2.05, 4.69) is 5.92 Å². The smallest absolute Gasteiger partial charge is 0.308 e. The highest BCUT2D eigenvalue weighted by Crippen LogP contribution is 2.51. The van der Waals surface area contributed by atoms with Crippen LogP contribution in [-0.4, -0.2) is 13.2 Å². The van der Waals surface area contributed by atoms with Gasteiger partial charge in [0.25, 0.3) is 0 Å². The van der Waals surface area contributed by atoms with Crippen LogP contribution in [0.4, 0.5) is 0 Å². The maximum Gasteiger partial charge on any atom is 0.335 e. The maximum atomic E-state index is 12.4. The van der Waals surface area contributed by atoms with E-state index in [1.807, 2.05) is 6.92 Å². The number of terminal acetylenes is 1. The Bertz CT molecular complexity index is 450. The van der Waals surface area contributed by atoms with Gasteiger partial charge in [-0.2, -0.15) is 0 Å². The molecule has 0 heterocycles. The average molecular weight is 287 g/mol. The fraction of sp³-hybridized carbons (Fsp3) is 0.385. The van der Waals surface area contributed by atoms with Crippen molar-refractivity contribution in [2.24, 2.45) is 0 Å². The van der Waals surface area contributed by atoms with Crippen LogP contribution in [0.25, 0.3) is 0 Å². The summed E-state index contributed by atoms with van der Waals surface area (Å²) < 4.78 is 22.9. The van der Waals surface area contributed by atoms with Crippen LogP contribution in [0, 0.1) is 12.3 Å². The molecule has 1 aromatic rings. The van der Waals surface area contributed by atoms with Crippen LogP contribution >= 0.6 is 19.2 Å². The van der Waals surface area contributed by atoms with Gasteiger partial charge in [-0.1, -0.05) is 36.6 Å². The van der Waals surface area contributed by atoms with E-state index in [1.54, 1.807) is 24.3 Å². The zero-order valence-electron chi connectivity index (χ0n) is 10.3. The van der Waals surface area contributed by atoms with Gasteiger partial charge in [-0.3, -0.25) is 9.09 Å². The summed E-state index contributed by atoms with van der Waals surface area (Å²) in [6, 6.07) is 7.07. The standard InChI is InChI=1S/C13H16ClO3P/c1-3-9-16-18(15,17-10-4-2)11-12-5-7-13(14)8-6-12/h1,5-8H,4,9-11H2,2H3. The molecule has 1 unspecified atom stereocenters. The highest BCUT2D eigenvalue weighted by atomic mass is 35.5. The zero-order valence-corrected chi connectivity index (χ0v) is 11.9. The number of halogens is 1. The third-order valence-electron chi connectivity index (χ3n) is 2.13. The van der Waals surface area contributed by atoms with Crippen LogP contribution in [-0.2, 0) is 19.8 Å². The van der Waals surface area contributed by atoms with Gasteiger partial charge < -0.3 is 4.52 Å². The van der Waals surface area contributed by atoms with E-state index in [0.717, 1.165) is 12.0 Å². The molecule has 1 aromatic carbocycles. The molecule has 0 spiro atoms. The summed E-state index contributed by atoms with van der Waals surface area (Å²) in [6.45, 7) is 2.30. The lowest BCUT2D eigenvalue weighted by Gasteiger charge is -2.17. The Morgan fingerprint density at radius 2 is 2.00 bits per heavy atom. The summed E-state index contributed by atoms with van der Waals surface area (Å²) >= 11 is 5.79. The van der Waals surface area contributed by atoms with Crippen LogP contribution in [0.2, 0.25) is 5.02 Å². The van der Waals surface area contributed by atoms with Gasteiger partial charge >= 0.3 is 7.60 Å². The van der Waals surface area contributed by atoms with Crippen molar-refractivity contribution in [2.75, 3.05) is 13.2 Å². The Hall–Kier alpha value is -0.780. The van der Waals surface area contributed by atoms with Gasteiger partial charge in [-0.05, 0) is 24.1 Å². The van der Waals surface area contributed by atoms with Crippen molar-refractivity contribution in [1.82, 2.24) is 0 Å². The van der Waals surface area contributed by atoms with Crippen molar-refractivity contribution in [3.8, 4) is 12.3 Å². The summed E-state index contributed by atoms with van der Waals surface area (Å²) in [5.74, 6) is 2.30. The second-order valence-electron chi connectivity index (χ2n) is 3.71. The van der Waals surface area contributed by atoms with Gasteiger partial charge in [0.1, 0.15) is 6.61 Å². The lowest BCUT2D eigenvalue weighted by molar-refractivity contribution is 0.220. The monoisotopic (exact) mass is 286 g/mol. The minimum atomic E-state index is -3.17. The first-order valence-corrected chi connectivity index (χ1v) is 7.76. The zero-order chi connectivity index (χ0) is 13.4. The second kappa shape index (κ2) is 7.61. The van der Waals surface area contributed by atoms with Crippen molar-refractivity contribution in [1.29, 1.82) is 0 Å². The van der Waals surface area contributed by atoms with Gasteiger partial charge in [-0.25, -0.2) is 0 Å². The van der Waals surface area contributed by atoms with Crippen molar-refractivity contribution in [2.45, 2.75) is 19.5 Å². The van der Waals surface area contributed by atoms with Crippen LogP contribution in [0.5, 0.6) is 0 Å². The van der Waals surface area contributed by atoms with Crippen molar-refractivity contribution in [3.63, 3.8) is 0 Å². The van der Waals surface area contributed by atoms with E-state index in [0.29, 0.717) is 11.6 Å². The summed E-state index contributed by atoms with van der Waals surface area (Å²) in [4.78, 5) is 0. The molecule has 0 aliphatic rings. The molecule has 0 aliphatic carbocycles. The third-order valence-corrected chi connectivity index (χ3v) is 4.23. The molecule has 5 heteroatoms. The fourth-order valence-corrected chi connectivity index (χ4v) is 3.08. The molecule has 0 saturated heterocycles. The minimum Gasteiger partial charge on any atom is -0.308 e. The van der Waals surface area contributed by atoms with Gasteiger partial charge in [0.2, 0.25) is 0 Å². The normalized spacial score (nSPS) is 13.8. The average Bonchev–Trinajstić information content (AvgIpc) is 2.37. The first-order valence-electron chi connectivity index (χ1n) is 5.65. The summed E-state index contributed by atoms with van der Waals surface area (Å²) in [5.41, 5.74) is 0.843. The predicted octanol–water partition coefficient (Wildman–Crippen LogP) is 4.11. The Balaban J connectivity index is 2.74. The molecule has 0 saturated carbocycles. The molecule has 1 rings (SSSR count). The topological polar surface area (TPSA) is 35.5 Å². The van der Waals surface area contributed by atoms with Crippen LogP contribution in [0.1, 0.15) is 18.9 Å². The molecule has 0 N–H and O–H groups in total. The van der Waals surface area contributed by atoms with Crippen LogP contribution < -0.4 is 0 Å². The Morgan fingerprint density at radius 3 is 2.56 bits per heavy atom. The third kappa shape index (κ3) is 5.25. The molecule has 0 fully saturated rings. The quantitative estimate of drug-likeness (QED) is 0.559. The van der Waals surface area contributed by atoms with E-state index < -0.39 is 7.60 Å². The second-order valence-corrected chi connectivity index (χ2v) is 6.20. The van der Waals surface area contributed by atoms with Crippen LogP contribution in [0.15, 0.2) is 24.3 Å². The number of benzene rings is 1. The number of hydrogen-bond acceptors (Lipinski definition) is 3. The van der Waals surface area contributed by atoms with Gasteiger partial charge in [-0.15, -0.1) is 6.42 Å². The lowest BCUT2D eigenvalue weighted by Crippen LogP contribution is -2.00. The molecule has 18 heavy (non-hydrogen) atoms. The summed E-state index contributed by atoms with van der Waals surface area (Å²) in [7, 11) is -3.17. The number of hydrogen-bond donors (Lipinski definition) is 0. The Morgan fingerprint density at radius 1 is 1.33 bits per heavy atom. The molecule has 3 nitrogen and oxygen atoms in total. The first kappa shape index (κ1) is 15.3. The van der Waals surface area contributed by atoms with E-state index in [4.69, 9.17) is 27.1 Å². The Kier molecular flexibility index (Phi) is 6.46. The molecule has 0 bridgehead atoms. The molecule has 0 aromatic heterocycles. The van der Waals surface area contributed by atoms with Crippen molar-refractivity contribution < 1.29 is 13.6 Å². The summed E-state index contributed by atoms with van der Waals surface area (Å²) in [6.07, 6.45) is 6.08. The number of rotatable bonds is 7. The largest absolute Gasteiger partial charge is 0.335 e. The van der Waals surface area contributed by atoms with E-state index >= 15 is 0 Å². The van der Waals surface area contributed by atoms with Crippen molar-refractivity contribution >= 4 is 19.2 Å². The lowest BCUT2D eigenvalue weighted by atomic mass is 10.2. The van der Waals surface area contributed by atoms with Gasteiger partial charge in [0, 0.05) is 5.02 Å². The molecule has 98 valence electrons. The molecule has 1 atom stereocenters. The molecular formula is C13H16ClO3P. The van der Waals surface area contributed by atoms with Crippen LogP contribution in [0.3, 0.4) is 0 Å².